The molecule has 4 heteroatoms. The lowest BCUT2D eigenvalue weighted by Crippen LogP contribution is -2.18. The Kier molecular flexibility index (Phi) is 3.71. The molecule has 100 valence electrons. The van der Waals surface area contributed by atoms with E-state index in [2.05, 4.69) is 0 Å². The number of hydrogen-bond donors (Lipinski definition) is 2. The van der Waals surface area contributed by atoms with E-state index in [-0.39, 0.29) is 0 Å². The zero-order chi connectivity index (χ0) is 14.0. The zero-order valence-corrected chi connectivity index (χ0v) is 10.8. The molecule has 4 nitrogen and oxygen atoms in total. The van der Waals surface area contributed by atoms with Gasteiger partial charge in [0.15, 0.2) is 0 Å². The molecule has 0 aromatic heterocycles. The van der Waals surface area contributed by atoms with E-state index in [0.29, 0.717) is 5.56 Å². The summed E-state index contributed by atoms with van der Waals surface area (Å²) in [7, 11) is 1.60. The number of aliphatic hydroxyl groups excluding tert-OH is 1. The molecule has 0 bridgehead atoms. The van der Waals surface area contributed by atoms with Gasteiger partial charge in [-0.3, -0.25) is 4.79 Å². The predicted molar refractivity (Wildman–Crippen MR) is 72.3 cm³/mol. The average Bonchev–Trinajstić information content (AvgIpc) is 2.44. The monoisotopic (exact) mass is 260 g/mol. The van der Waals surface area contributed by atoms with Gasteiger partial charge in [-0.2, -0.15) is 0 Å². The Morgan fingerprint density at radius 2 is 1.79 bits per heavy atom. The predicted octanol–water partition coefficient (Wildman–Crippen LogP) is 2.60. The third kappa shape index (κ3) is 2.69. The SMILES string of the molecule is COc1ccc2cc(C(O)C(C)C(=O)O)ccc2c1. The van der Waals surface area contributed by atoms with Crippen LogP contribution in [0.1, 0.15) is 18.6 Å². The molecule has 2 aromatic carbocycles. The summed E-state index contributed by atoms with van der Waals surface area (Å²) in [5.41, 5.74) is 0.604. The first-order chi connectivity index (χ1) is 9.02. The van der Waals surface area contributed by atoms with Gasteiger partial charge in [-0.15, -0.1) is 0 Å². The summed E-state index contributed by atoms with van der Waals surface area (Å²) in [4.78, 5) is 10.9. The highest BCUT2D eigenvalue weighted by atomic mass is 16.5. The minimum Gasteiger partial charge on any atom is -0.497 e. The molecule has 0 spiro atoms. The maximum Gasteiger partial charge on any atom is 0.309 e. The molecule has 2 aromatic rings. The van der Waals surface area contributed by atoms with Crippen LogP contribution in [0.5, 0.6) is 5.75 Å². The highest BCUT2D eigenvalue weighted by Crippen LogP contribution is 2.27. The molecule has 2 unspecified atom stereocenters. The van der Waals surface area contributed by atoms with Crippen molar-refractivity contribution < 1.29 is 19.7 Å². The Balaban J connectivity index is 2.39. The zero-order valence-electron chi connectivity index (χ0n) is 10.8. The summed E-state index contributed by atoms with van der Waals surface area (Å²) in [5, 5.41) is 20.9. The first-order valence-electron chi connectivity index (χ1n) is 6.01. The number of hydrogen-bond acceptors (Lipinski definition) is 3. The average molecular weight is 260 g/mol. The van der Waals surface area contributed by atoms with E-state index in [4.69, 9.17) is 9.84 Å². The van der Waals surface area contributed by atoms with E-state index in [1.807, 2.05) is 24.3 Å². The van der Waals surface area contributed by atoms with E-state index in [1.165, 1.54) is 6.92 Å². The van der Waals surface area contributed by atoms with Gasteiger partial charge in [0, 0.05) is 0 Å². The van der Waals surface area contributed by atoms with Crippen LogP contribution in [0.25, 0.3) is 10.8 Å². The normalized spacial score (nSPS) is 14.1. The van der Waals surface area contributed by atoms with Crippen molar-refractivity contribution in [1.82, 2.24) is 0 Å². The Hall–Kier alpha value is -2.07. The van der Waals surface area contributed by atoms with Crippen LogP contribution >= 0.6 is 0 Å². The number of ether oxygens (including phenoxy) is 1. The van der Waals surface area contributed by atoms with Crippen molar-refractivity contribution >= 4 is 16.7 Å². The number of carboxylic acids is 1. The molecular formula is C15H16O4. The summed E-state index contributed by atoms with van der Waals surface area (Å²) in [6.07, 6.45) is -1.01. The van der Waals surface area contributed by atoms with Crippen molar-refractivity contribution in [3.05, 3.63) is 42.0 Å². The Labute approximate surface area is 111 Å². The topological polar surface area (TPSA) is 66.8 Å². The number of rotatable bonds is 4. The molecule has 2 rings (SSSR count). The molecule has 0 aliphatic heterocycles. The van der Waals surface area contributed by atoms with Crippen LogP contribution in [0.2, 0.25) is 0 Å². The van der Waals surface area contributed by atoms with Gasteiger partial charge in [-0.25, -0.2) is 0 Å². The third-order valence-corrected chi connectivity index (χ3v) is 3.28. The summed E-state index contributed by atoms with van der Waals surface area (Å²) >= 11 is 0. The van der Waals surface area contributed by atoms with E-state index in [1.54, 1.807) is 19.2 Å². The van der Waals surface area contributed by atoms with Crippen LogP contribution in [-0.4, -0.2) is 23.3 Å². The standard InChI is InChI=1S/C15H16O4/c1-9(15(17)18)14(16)12-4-3-11-8-13(19-2)6-5-10(11)7-12/h3-9,14,16H,1-2H3,(H,17,18). The quantitative estimate of drug-likeness (QED) is 0.886. The summed E-state index contributed by atoms with van der Waals surface area (Å²) in [6, 6.07) is 11.0. The minimum atomic E-state index is -1.01. The van der Waals surface area contributed by atoms with Gasteiger partial charge in [-0.1, -0.05) is 18.2 Å². The fourth-order valence-electron chi connectivity index (χ4n) is 1.98. The van der Waals surface area contributed by atoms with Gasteiger partial charge in [0.2, 0.25) is 0 Å². The molecular weight excluding hydrogens is 244 g/mol. The van der Waals surface area contributed by atoms with Crippen LogP contribution in [0, 0.1) is 5.92 Å². The lowest BCUT2D eigenvalue weighted by Gasteiger charge is -2.16. The van der Waals surface area contributed by atoms with Crippen LogP contribution in [-0.2, 0) is 4.79 Å². The van der Waals surface area contributed by atoms with E-state index < -0.39 is 18.0 Å². The molecule has 2 atom stereocenters. The van der Waals surface area contributed by atoms with Crippen molar-refractivity contribution in [2.45, 2.75) is 13.0 Å². The molecule has 0 fully saturated rings. The van der Waals surface area contributed by atoms with Gasteiger partial charge in [0.25, 0.3) is 0 Å². The van der Waals surface area contributed by atoms with Gasteiger partial charge in [0.1, 0.15) is 5.75 Å². The molecule has 0 saturated heterocycles. The molecule has 0 aliphatic rings. The minimum absolute atomic E-state index is 0.604. The highest BCUT2D eigenvalue weighted by Gasteiger charge is 2.22. The summed E-state index contributed by atoms with van der Waals surface area (Å²) in [6.45, 7) is 1.49. The molecule has 2 N–H and O–H groups in total. The number of carbonyl (C=O) groups is 1. The molecule has 0 radical (unpaired) electrons. The second-order valence-corrected chi connectivity index (χ2v) is 4.54. The largest absolute Gasteiger partial charge is 0.497 e. The van der Waals surface area contributed by atoms with E-state index in [9.17, 15) is 9.90 Å². The Bertz CT molecular complexity index is 606. The molecule has 19 heavy (non-hydrogen) atoms. The van der Waals surface area contributed by atoms with Crippen molar-refractivity contribution in [3.8, 4) is 5.75 Å². The third-order valence-electron chi connectivity index (χ3n) is 3.28. The summed E-state index contributed by atoms with van der Waals surface area (Å²) in [5.74, 6) is -1.09. The van der Waals surface area contributed by atoms with Gasteiger partial charge < -0.3 is 14.9 Å². The summed E-state index contributed by atoms with van der Waals surface area (Å²) < 4.78 is 5.14. The van der Waals surface area contributed by atoms with E-state index in [0.717, 1.165) is 16.5 Å². The number of benzene rings is 2. The number of methoxy groups -OCH3 is 1. The van der Waals surface area contributed by atoms with Crippen molar-refractivity contribution in [2.75, 3.05) is 7.11 Å². The molecule has 0 heterocycles. The van der Waals surface area contributed by atoms with Crippen LogP contribution in [0.4, 0.5) is 0 Å². The number of aliphatic carboxylic acids is 1. The molecule has 0 amide bonds. The first-order valence-corrected chi connectivity index (χ1v) is 6.01. The van der Waals surface area contributed by atoms with Gasteiger partial charge in [-0.05, 0) is 41.5 Å². The first kappa shape index (κ1) is 13.4. The lowest BCUT2D eigenvalue weighted by molar-refractivity contribution is -0.145. The van der Waals surface area contributed by atoms with Crippen molar-refractivity contribution in [1.29, 1.82) is 0 Å². The second-order valence-electron chi connectivity index (χ2n) is 4.54. The number of fused-ring (bicyclic) bond motifs is 1. The molecule has 0 saturated carbocycles. The second kappa shape index (κ2) is 5.28. The lowest BCUT2D eigenvalue weighted by atomic mass is 9.95. The van der Waals surface area contributed by atoms with Crippen LogP contribution in [0.15, 0.2) is 36.4 Å². The van der Waals surface area contributed by atoms with Crippen LogP contribution in [0.3, 0.4) is 0 Å². The maximum absolute atomic E-state index is 10.9. The Morgan fingerprint density at radius 1 is 1.16 bits per heavy atom. The smallest absolute Gasteiger partial charge is 0.309 e. The van der Waals surface area contributed by atoms with E-state index >= 15 is 0 Å². The highest BCUT2D eigenvalue weighted by molar-refractivity contribution is 5.84. The maximum atomic E-state index is 10.9. The van der Waals surface area contributed by atoms with Crippen LogP contribution < -0.4 is 4.74 Å². The van der Waals surface area contributed by atoms with Gasteiger partial charge in [0.05, 0.1) is 19.1 Å². The Morgan fingerprint density at radius 3 is 2.42 bits per heavy atom. The van der Waals surface area contributed by atoms with Gasteiger partial charge >= 0.3 is 5.97 Å². The van der Waals surface area contributed by atoms with Crippen molar-refractivity contribution in [2.24, 2.45) is 5.92 Å². The number of aliphatic hydroxyl groups is 1. The number of carboxylic acid groups (broad SMARTS) is 1. The molecule has 0 aliphatic carbocycles. The fourth-order valence-corrected chi connectivity index (χ4v) is 1.98. The van der Waals surface area contributed by atoms with Crippen molar-refractivity contribution in [3.63, 3.8) is 0 Å². The fraction of sp³-hybridized carbons (Fsp3) is 0.267.